The molecule has 2 nitrogen and oxygen atoms in total. The van der Waals surface area contributed by atoms with E-state index < -0.39 is 0 Å². The van der Waals surface area contributed by atoms with Crippen LogP contribution in [0.1, 0.15) is 5.56 Å². The lowest BCUT2D eigenvalue weighted by Gasteiger charge is -2.01. The summed E-state index contributed by atoms with van der Waals surface area (Å²) in [5.74, 6) is 0.728. The first-order chi connectivity index (χ1) is 4.74. The first-order valence-corrected chi connectivity index (χ1v) is 3.06. The minimum absolute atomic E-state index is 0.728. The lowest BCUT2D eigenvalue weighted by atomic mass is 10.2. The minimum atomic E-state index is 0.728. The SMILES string of the molecule is COc1[c]cc(N)c(C)c1. The summed E-state index contributed by atoms with van der Waals surface area (Å²) in [4.78, 5) is 0. The van der Waals surface area contributed by atoms with Crippen LogP contribution in [-0.4, -0.2) is 7.11 Å². The van der Waals surface area contributed by atoms with Crippen molar-refractivity contribution in [2.24, 2.45) is 0 Å². The zero-order valence-electron chi connectivity index (χ0n) is 6.14. The van der Waals surface area contributed by atoms with E-state index in [4.69, 9.17) is 10.5 Å². The number of nitrogens with two attached hydrogens (primary N) is 1. The van der Waals surface area contributed by atoms with Crippen LogP contribution in [0.4, 0.5) is 5.69 Å². The van der Waals surface area contributed by atoms with Crippen LogP contribution in [-0.2, 0) is 0 Å². The number of hydrogen-bond acceptors (Lipinski definition) is 2. The summed E-state index contributed by atoms with van der Waals surface area (Å²) >= 11 is 0. The molecule has 1 aromatic carbocycles. The van der Waals surface area contributed by atoms with Crippen molar-refractivity contribution in [1.29, 1.82) is 0 Å². The summed E-state index contributed by atoms with van der Waals surface area (Å²) in [5, 5.41) is 0. The number of methoxy groups -OCH3 is 1. The normalized spacial score (nSPS) is 9.40. The highest BCUT2D eigenvalue weighted by Crippen LogP contribution is 2.16. The predicted molar refractivity (Wildman–Crippen MR) is 41.0 cm³/mol. The van der Waals surface area contributed by atoms with Gasteiger partial charge in [0, 0.05) is 11.8 Å². The number of aryl methyl sites for hydroxylation is 1. The van der Waals surface area contributed by atoms with Gasteiger partial charge in [-0.2, -0.15) is 0 Å². The molecule has 0 spiro atoms. The molecule has 0 saturated heterocycles. The fourth-order valence-corrected chi connectivity index (χ4v) is 0.702. The molecule has 0 aromatic heterocycles. The second-order valence-corrected chi connectivity index (χ2v) is 2.14. The van der Waals surface area contributed by atoms with Crippen molar-refractivity contribution in [3.8, 4) is 5.75 Å². The quantitative estimate of drug-likeness (QED) is 0.592. The maximum Gasteiger partial charge on any atom is 0.127 e. The molecule has 0 amide bonds. The summed E-state index contributed by atoms with van der Waals surface area (Å²) < 4.78 is 4.94. The average molecular weight is 136 g/mol. The highest BCUT2D eigenvalue weighted by atomic mass is 16.5. The highest BCUT2D eigenvalue weighted by molar-refractivity contribution is 5.48. The van der Waals surface area contributed by atoms with Gasteiger partial charge in [0.2, 0.25) is 0 Å². The predicted octanol–water partition coefficient (Wildman–Crippen LogP) is 1.39. The van der Waals surface area contributed by atoms with Gasteiger partial charge in [0.25, 0.3) is 0 Å². The third kappa shape index (κ3) is 1.21. The van der Waals surface area contributed by atoms with Crippen molar-refractivity contribution >= 4 is 5.69 Å². The molecule has 0 aliphatic rings. The second kappa shape index (κ2) is 2.60. The number of ether oxygens (including phenoxy) is 1. The molecule has 53 valence electrons. The van der Waals surface area contributed by atoms with Gasteiger partial charge in [-0.1, -0.05) is 0 Å². The van der Waals surface area contributed by atoms with E-state index in [1.165, 1.54) is 0 Å². The topological polar surface area (TPSA) is 35.2 Å². The monoisotopic (exact) mass is 136 g/mol. The first-order valence-electron chi connectivity index (χ1n) is 3.06. The van der Waals surface area contributed by atoms with E-state index in [-0.39, 0.29) is 0 Å². The Morgan fingerprint density at radius 2 is 2.30 bits per heavy atom. The van der Waals surface area contributed by atoms with Crippen molar-refractivity contribution in [3.05, 3.63) is 23.8 Å². The molecule has 1 radical (unpaired) electrons. The lowest BCUT2D eigenvalue weighted by molar-refractivity contribution is 0.413. The Balaban J connectivity index is 3.04. The minimum Gasteiger partial charge on any atom is -0.496 e. The molecule has 0 atom stereocenters. The fourth-order valence-electron chi connectivity index (χ4n) is 0.702. The first kappa shape index (κ1) is 6.93. The van der Waals surface area contributed by atoms with Crippen LogP contribution >= 0.6 is 0 Å². The van der Waals surface area contributed by atoms with Gasteiger partial charge >= 0.3 is 0 Å². The van der Waals surface area contributed by atoms with Crippen LogP contribution in [0.5, 0.6) is 5.75 Å². The van der Waals surface area contributed by atoms with Gasteiger partial charge in [0.15, 0.2) is 0 Å². The smallest absolute Gasteiger partial charge is 0.127 e. The zero-order valence-corrected chi connectivity index (χ0v) is 6.14. The molecular weight excluding hydrogens is 126 g/mol. The maximum atomic E-state index is 5.56. The fraction of sp³-hybridized carbons (Fsp3) is 0.250. The molecule has 0 aliphatic carbocycles. The third-order valence-corrected chi connectivity index (χ3v) is 1.39. The van der Waals surface area contributed by atoms with Gasteiger partial charge in [-0.25, -0.2) is 0 Å². The van der Waals surface area contributed by atoms with Gasteiger partial charge < -0.3 is 10.5 Å². The van der Waals surface area contributed by atoms with E-state index in [1.807, 2.05) is 13.0 Å². The molecule has 2 N–H and O–H groups in total. The Morgan fingerprint density at radius 1 is 1.60 bits per heavy atom. The lowest BCUT2D eigenvalue weighted by Crippen LogP contribution is -1.90. The number of hydrogen-bond donors (Lipinski definition) is 1. The number of anilines is 1. The van der Waals surface area contributed by atoms with Crippen LogP contribution in [0.3, 0.4) is 0 Å². The maximum absolute atomic E-state index is 5.56. The van der Waals surface area contributed by atoms with Gasteiger partial charge in [-0.15, -0.1) is 0 Å². The van der Waals surface area contributed by atoms with Gasteiger partial charge in [-0.05, 0) is 24.6 Å². The summed E-state index contributed by atoms with van der Waals surface area (Å²) in [6.45, 7) is 1.94. The van der Waals surface area contributed by atoms with Crippen LogP contribution in [0, 0.1) is 13.0 Å². The van der Waals surface area contributed by atoms with E-state index in [1.54, 1.807) is 13.2 Å². The van der Waals surface area contributed by atoms with Crippen LogP contribution in [0.25, 0.3) is 0 Å². The Kier molecular flexibility index (Phi) is 1.81. The molecule has 2 heteroatoms. The molecule has 0 saturated carbocycles. The Labute approximate surface area is 60.6 Å². The Morgan fingerprint density at radius 3 is 2.80 bits per heavy atom. The van der Waals surface area contributed by atoms with Crippen LogP contribution in [0.2, 0.25) is 0 Å². The van der Waals surface area contributed by atoms with E-state index in [9.17, 15) is 0 Å². The van der Waals surface area contributed by atoms with Crippen molar-refractivity contribution in [3.63, 3.8) is 0 Å². The summed E-state index contributed by atoms with van der Waals surface area (Å²) in [6.07, 6.45) is 0. The Hall–Kier alpha value is -1.18. The molecule has 0 bridgehead atoms. The largest absolute Gasteiger partial charge is 0.496 e. The van der Waals surface area contributed by atoms with Gasteiger partial charge in [0.05, 0.1) is 7.11 Å². The number of nitrogen functional groups attached to an aromatic ring is 1. The summed E-state index contributed by atoms with van der Waals surface area (Å²) in [7, 11) is 1.61. The standard InChI is InChI=1S/C8H10NO/c1-6-5-7(10-2)3-4-8(6)9/h4-5H,9H2,1-2H3. The molecule has 1 rings (SSSR count). The van der Waals surface area contributed by atoms with Crippen LogP contribution in [0.15, 0.2) is 12.1 Å². The van der Waals surface area contributed by atoms with E-state index in [0.29, 0.717) is 0 Å². The molecule has 0 heterocycles. The Bertz CT molecular complexity index is 233. The van der Waals surface area contributed by atoms with E-state index >= 15 is 0 Å². The molecule has 1 aromatic rings. The van der Waals surface area contributed by atoms with Crippen molar-refractivity contribution in [2.75, 3.05) is 12.8 Å². The molecular formula is C8H10NO. The number of benzene rings is 1. The van der Waals surface area contributed by atoms with Crippen molar-refractivity contribution < 1.29 is 4.74 Å². The van der Waals surface area contributed by atoms with Crippen molar-refractivity contribution in [1.82, 2.24) is 0 Å². The molecule has 10 heavy (non-hydrogen) atoms. The van der Waals surface area contributed by atoms with Crippen molar-refractivity contribution in [2.45, 2.75) is 6.92 Å². The van der Waals surface area contributed by atoms with E-state index in [0.717, 1.165) is 17.0 Å². The zero-order chi connectivity index (χ0) is 7.56. The highest BCUT2D eigenvalue weighted by Gasteiger charge is 1.94. The molecule has 0 aliphatic heterocycles. The third-order valence-electron chi connectivity index (χ3n) is 1.39. The summed E-state index contributed by atoms with van der Waals surface area (Å²) in [5.41, 5.74) is 7.33. The second-order valence-electron chi connectivity index (χ2n) is 2.14. The van der Waals surface area contributed by atoms with Crippen LogP contribution < -0.4 is 10.5 Å². The van der Waals surface area contributed by atoms with Gasteiger partial charge in [0.1, 0.15) is 5.75 Å². The van der Waals surface area contributed by atoms with Gasteiger partial charge in [-0.3, -0.25) is 0 Å². The van der Waals surface area contributed by atoms with E-state index in [2.05, 4.69) is 6.07 Å². The summed E-state index contributed by atoms with van der Waals surface area (Å²) in [6, 6.07) is 6.45. The molecule has 0 unspecified atom stereocenters. The average Bonchev–Trinajstić information content (AvgIpc) is 1.95. The number of rotatable bonds is 1. The molecule has 0 fully saturated rings.